The van der Waals surface area contributed by atoms with Crippen LogP contribution in [-0.2, 0) is 6.42 Å². The number of fused-ring (bicyclic) bond motifs is 2. The van der Waals surface area contributed by atoms with Crippen molar-refractivity contribution in [2.75, 3.05) is 10.6 Å². The highest BCUT2D eigenvalue weighted by molar-refractivity contribution is 6.05. The molecule has 10 nitrogen and oxygen atoms in total. The molecule has 10 heteroatoms. The third-order valence-corrected chi connectivity index (χ3v) is 10.5. The van der Waals surface area contributed by atoms with Crippen LogP contribution in [0.2, 0.25) is 0 Å². The molecule has 0 unspecified atom stereocenters. The number of carbonyl (C=O) groups excluding carboxylic acids is 4. The smallest absolute Gasteiger partial charge is 0.274 e. The normalized spacial score (nSPS) is 12.0. The first-order valence-corrected chi connectivity index (χ1v) is 20.0. The molecule has 2 aromatic heterocycles. The first-order chi connectivity index (χ1) is 29.7. The maximum atomic E-state index is 13.2. The highest BCUT2D eigenvalue weighted by Crippen LogP contribution is 2.26. The first kappa shape index (κ1) is 39.8. The lowest BCUT2D eigenvalue weighted by Gasteiger charge is -2.16. The summed E-state index contributed by atoms with van der Waals surface area (Å²) in [7, 11) is 0. The van der Waals surface area contributed by atoms with Gasteiger partial charge in [-0.25, -0.2) is 9.97 Å². The van der Waals surface area contributed by atoms with Crippen LogP contribution in [0.3, 0.4) is 0 Å². The molecule has 0 spiro atoms. The highest BCUT2D eigenvalue weighted by atomic mass is 16.2. The van der Waals surface area contributed by atoms with Crippen LogP contribution < -0.4 is 21.3 Å². The fraction of sp³-hybridized carbons (Fsp3) is 0.0980. The molecule has 8 aromatic rings. The Morgan fingerprint density at radius 2 is 0.754 bits per heavy atom. The van der Waals surface area contributed by atoms with Crippen LogP contribution in [0.1, 0.15) is 90.1 Å². The molecule has 6 aromatic carbocycles. The van der Waals surface area contributed by atoms with Gasteiger partial charge in [0, 0.05) is 11.4 Å². The fourth-order valence-corrected chi connectivity index (χ4v) is 7.37. The Morgan fingerprint density at radius 1 is 0.410 bits per heavy atom. The molecule has 0 fully saturated rings. The van der Waals surface area contributed by atoms with E-state index in [1.54, 1.807) is 36.4 Å². The van der Waals surface area contributed by atoms with E-state index < -0.39 is 11.8 Å². The molecular weight excluding hydrogens is 761 g/mol. The number of nitrogens with one attached hydrogen (secondary N) is 4. The topological polar surface area (TPSA) is 142 Å². The number of pyridine rings is 2. The molecule has 8 rings (SSSR count). The van der Waals surface area contributed by atoms with Crippen molar-refractivity contribution < 1.29 is 19.2 Å². The summed E-state index contributed by atoms with van der Waals surface area (Å²) in [6.07, 6.45) is 0.619. The van der Waals surface area contributed by atoms with Crippen molar-refractivity contribution in [2.24, 2.45) is 0 Å². The quantitative estimate of drug-likeness (QED) is 0.0969. The van der Waals surface area contributed by atoms with Gasteiger partial charge in [-0.2, -0.15) is 0 Å². The Labute approximate surface area is 353 Å². The predicted molar refractivity (Wildman–Crippen MR) is 240 cm³/mol. The zero-order valence-corrected chi connectivity index (χ0v) is 33.6. The van der Waals surface area contributed by atoms with Gasteiger partial charge in [0.15, 0.2) is 0 Å². The number of anilines is 2. The van der Waals surface area contributed by atoms with Crippen LogP contribution in [0.5, 0.6) is 0 Å². The molecule has 0 radical (unpaired) electrons. The van der Waals surface area contributed by atoms with E-state index >= 15 is 0 Å². The number of aromatic nitrogens is 2. The Hall–Kier alpha value is -7.98. The lowest BCUT2D eigenvalue weighted by molar-refractivity contribution is 0.0925. The summed E-state index contributed by atoms with van der Waals surface area (Å²) in [5.74, 6) is -1.61. The summed E-state index contributed by atoms with van der Waals surface area (Å²) in [6.45, 7) is 3.85. The van der Waals surface area contributed by atoms with Gasteiger partial charge in [0.1, 0.15) is 22.8 Å². The van der Waals surface area contributed by atoms with Gasteiger partial charge in [-0.05, 0) is 113 Å². The van der Waals surface area contributed by atoms with Crippen molar-refractivity contribution in [3.05, 3.63) is 215 Å². The van der Waals surface area contributed by atoms with Gasteiger partial charge in [-0.15, -0.1) is 0 Å². The summed E-state index contributed by atoms with van der Waals surface area (Å²) in [5, 5.41) is 16.1. The molecule has 61 heavy (non-hydrogen) atoms. The van der Waals surface area contributed by atoms with Gasteiger partial charge >= 0.3 is 0 Å². The Bertz CT molecular complexity index is 2700. The van der Waals surface area contributed by atoms with Gasteiger partial charge in [-0.1, -0.05) is 121 Å². The summed E-state index contributed by atoms with van der Waals surface area (Å²) < 4.78 is 0. The number of hydrogen-bond acceptors (Lipinski definition) is 6. The predicted octanol–water partition coefficient (Wildman–Crippen LogP) is 9.86. The van der Waals surface area contributed by atoms with E-state index in [1.807, 2.05) is 147 Å². The van der Waals surface area contributed by atoms with Crippen LogP contribution in [0.15, 0.2) is 170 Å². The third-order valence-electron chi connectivity index (χ3n) is 10.5. The van der Waals surface area contributed by atoms with Crippen molar-refractivity contribution in [1.82, 2.24) is 20.6 Å². The van der Waals surface area contributed by atoms with E-state index in [9.17, 15) is 19.2 Å². The summed E-state index contributed by atoms with van der Waals surface area (Å²) in [5.41, 5.74) is 5.73. The van der Waals surface area contributed by atoms with E-state index in [2.05, 4.69) is 31.2 Å². The Kier molecular flexibility index (Phi) is 11.7. The van der Waals surface area contributed by atoms with Crippen molar-refractivity contribution in [3.63, 3.8) is 0 Å². The minimum atomic E-state index is -0.432. The third kappa shape index (κ3) is 9.34. The second kappa shape index (κ2) is 17.9. The molecule has 0 saturated carbocycles. The largest absolute Gasteiger partial charge is 0.344 e. The molecule has 2 atom stereocenters. The summed E-state index contributed by atoms with van der Waals surface area (Å²) in [4.78, 5) is 61.4. The summed E-state index contributed by atoms with van der Waals surface area (Å²) in [6, 6.07) is 52.1. The highest BCUT2D eigenvalue weighted by Gasteiger charge is 2.19. The van der Waals surface area contributed by atoms with E-state index in [-0.39, 0.29) is 46.7 Å². The molecule has 0 saturated heterocycles. The van der Waals surface area contributed by atoms with Gasteiger partial charge in [0.05, 0.1) is 12.1 Å². The zero-order valence-electron chi connectivity index (χ0n) is 33.6. The summed E-state index contributed by atoms with van der Waals surface area (Å²) >= 11 is 0. The molecule has 0 aliphatic rings. The van der Waals surface area contributed by atoms with E-state index in [1.165, 1.54) is 0 Å². The number of amides is 4. The van der Waals surface area contributed by atoms with Gasteiger partial charge in [0.2, 0.25) is 0 Å². The van der Waals surface area contributed by atoms with Crippen molar-refractivity contribution in [1.29, 1.82) is 0 Å². The van der Waals surface area contributed by atoms with Crippen LogP contribution in [0.4, 0.5) is 11.4 Å². The molecule has 0 aliphatic heterocycles. The minimum absolute atomic E-state index is 0.123. The maximum Gasteiger partial charge on any atom is 0.274 e. The van der Waals surface area contributed by atoms with Crippen LogP contribution in [-0.4, -0.2) is 33.6 Å². The second-order valence-electron chi connectivity index (χ2n) is 14.8. The lowest BCUT2D eigenvalue weighted by Crippen LogP contribution is -2.28. The Balaban J connectivity index is 0.830. The zero-order chi connectivity index (χ0) is 42.3. The molecule has 2 heterocycles. The SMILES string of the molecule is C[C@@H](NC(=O)c1cccc(C(=O)Nc2ccc(Cc3ccc(NC(=O)c4cccc(C(=O)N[C@H](C)c5cccc6ccccc56)n4)cc3)cc2)n1)c1cccc2ccccc12. The molecule has 0 aliphatic carbocycles. The lowest BCUT2D eigenvalue weighted by atomic mass is 9.99. The number of hydrogen-bond donors (Lipinski definition) is 4. The van der Waals surface area contributed by atoms with Gasteiger partial charge < -0.3 is 21.3 Å². The fourth-order valence-electron chi connectivity index (χ4n) is 7.37. The van der Waals surface area contributed by atoms with Crippen molar-refractivity contribution in [2.45, 2.75) is 32.4 Å². The average Bonchev–Trinajstić information content (AvgIpc) is 3.29. The van der Waals surface area contributed by atoms with E-state index in [0.29, 0.717) is 17.8 Å². The maximum absolute atomic E-state index is 13.2. The monoisotopic (exact) mass is 802 g/mol. The van der Waals surface area contributed by atoms with Crippen molar-refractivity contribution >= 4 is 56.5 Å². The molecule has 4 amide bonds. The number of carbonyl (C=O) groups is 4. The Morgan fingerprint density at radius 3 is 1.16 bits per heavy atom. The van der Waals surface area contributed by atoms with Crippen molar-refractivity contribution in [3.8, 4) is 0 Å². The average molecular weight is 803 g/mol. The van der Waals surface area contributed by atoms with Crippen LogP contribution in [0, 0.1) is 0 Å². The second-order valence-corrected chi connectivity index (χ2v) is 14.8. The van der Waals surface area contributed by atoms with Gasteiger partial charge in [-0.3, -0.25) is 19.2 Å². The number of benzene rings is 6. The molecule has 0 bridgehead atoms. The standard InChI is InChI=1S/C51H42N6O4/c1-32(40-17-7-13-36-11-3-5-15-42(36)40)52-48(58)44-19-9-21-46(56-44)50(60)54-38-27-23-34(24-28-38)31-35-25-29-39(30-26-35)55-51(61)47-22-10-20-45(57-47)49(59)53-33(2)41-18-8-14-37-12-4-6-16-43(37)41/h3-30,32-33H,31H2,1-2H3,(H,52,58)(H,53,59)(H,54,60)(H,55,61)/t32-,33-/m1/s1. The van der Waals surface area contributed by atoms with E-state index in [4.69, 9.17) is 0 Å². The molecule has 300 valence electrons. The number of rotatable bonds is 12. The van der Waals surface area contributed by atoms with Crippen LogP contribution >= 0.6 is 0 Å². The van der Waals surface area contributed by atoms with Gasteiger partial charge in [0.25, 0.3) is 23.6 Å². The molecular formula is C51H42N6O4. The van der Waals surface area contributed by atoms with Crippen LogP contribution in [0.25, 0.3) is 21.5 Å². The van der Waals surface area contributed by atoms with E-state index in [0.717, 1.165) is 43.8 Å². The number of nitrogens with zero attached hydrogens (tertiary/aromatic N) is 2. The minimum Gasteiger partial charge on any atom is -0.344 e. The molecule has 4 N–H and O–H groups in total. The first-order valence-electron chi connectivity index (χ1n) is 20.0.